The summed E-state index contributed by atoms with van der Waals surface area (Å²) < 4.78 is 0. The highest BCUT2D eigenvalue weighted by Gasteiger charge is 2.23. The lowest BCUT2D eigenvalue weighted by molar-refractivity contribution is -0.121. The van der Waals surface area contributed by atoms with Gasteiger partial charge in [-0.15, -0.1) is 11.3 Å². The van der Waals surface area contributed by atoms with Gasteiger partial charge in [-0.1, -0.05) is 37.5 Å². The van der Waals surface area contributed by atoms with E-state index in [0.717, 1.165) is 17.7 Å². The SMILES string of the molecule is Cc1ccc(NC(=O)Nc2nc(CC(=O)NC3CCCCC3C)cs2)cc1. The van der Waals surface area contributed by atoms with Crippen molar-refractivity contribution in [1.82, 2.24) is 10.3 Å². The van der Waals surface area contributed by atoms with Crippen LogP contribution in [-0.4, -0.2) is 23.0 Å². The zero-order chi connectivity index (χ0) is 19.2. The van der Waals surface area contributed by atoms with E-state index in [0.29, 0.717) is 16.7 Å². The van der Waals surface area contributed by atoms with Crippen molar-refractivity contribution in [2.75, 3.05) is 10.6 Å². The van der Waals surface area contributed by atoms with Gasteiger partial charge in [-0.2, -0.15) is 0 Å². The first-order valence-electron chi connectivity index (χ1n) is 9.38. The molecular weight excluding hydrogens is 360 g/mol. The van der Waals surface area contributed by atoms with E-state index in [2.05, 4.69) is 27.9 Å². The van der Waals surface area contributed by atoms with Gasteiger partial charge in [0.05, 0.1) is 12.1 Å². The molecule has 1 aliphatic rings. The van der Waals surface area contributed by atoms with Gasteiger partial charge in [-0.3, -0.25) is 10.1 Å². The summed E-state index contributed by atoms with van der Waals surface area (Å²) in [7, 11) is 0. The number of aryl methyl sites for hydroxylation is 1. The number of benzene rings is 1. The second-order valence-corrected chi connectivity index (χ2v) is 8.06. The van der Waals surface area contributed by atoms with Crippen molar-refractivity contribution < 1.29 is 9.59 Å². The quantitative estimate of drug-likeness (QED) is 0.715. The molecule has 0 radical (unpaired) electrons. The summed E-state index contributed by atoms with van der Waals surface area (Å²) in [6.07, 6.45) is 4.89. The molecule has 1 aliphatic carbocycles. The summed E-state index contributed by atoms with van der Waals surface area (Å²) in [6.45, 7) is 4.19. The van der Waals surface area contributed by atoms with E-state index in [1.165, 1.54) is 30.6 Å². The topological polar surface area (TPSA) is 83.1 Å². The molecule has 2 atom stereocenters. The van der Waals surface area contributed by atoms with E-state index < -0.39 is 0 Å². The zero-order valence-electron chi connectivity index (χ0n) is 15.7. The van der Waals surface area contributed by atoms with Crippen molar-refractivity contribution >= 4 is 34.1 Å². The number of anilines is 2. The molecule has 2 aromatic rings. The van der Waals surface area contributed by atoms with Crippen molar-refractivity contribution in [3.8, 4) is 0 Å². The standard InChI is InChI=1S/C20H26N4O2S/c1-13-7-9-15(10-8-13)21-19(26)24-20-22-16(12-27-20)11-18(25)23-17-6-4-3-5-14(17)2/h7-10,12,14,17H,3-6,11H2,1-2H3,(H,23,25)(H2,21,22,24,26). The Balaban J connectivity index is 1.48. The molecule has 2 unspecified atom stereocenters. The van der Waals surface area contributed by atoms with Crippen LogP contribution in [0.15, 0.2) is 29.6 Å². The van der Waals surface area contributed by atoms with E-state index in [1.807, 2.05) is 36.6 Å². The molecule has 3 N–H and O–H groups in total. The average molecular weight is 387 g/mol. The lowest BCUT2D eigenvalue weighted by atomic mass is 9.86. The number of nitrogens with one attached hydrogen (secondary N) is 3. The molecule has 0 aliphatic heterocycles. The fourth-order valence-corrected chi connectivity index (χ4v) is 4.00. The molecule has 7 heteroatoms. The van der Waals surface area contributed by atoms with Crippen molar-refractivity contribution in [1.29, 1.82) is 0 Å². The Bertz CT molecular complexity index is 788. The molecule has 1 aromatic heterocycles. The highest BCUT2D eigenvalue weighted by atomic mass is 32.1. The Morgan fingerprint density at radius 3 is 2.63 bits per heavy atom. The number of aromatic nitrogens is 1. The molecule has 1 aromatic carbocycles. The average Bonchev–Trinajstić information content (AvgIpc) is 3.05. The molecule has 1 saturated carbocycles. The van der Waals surface area contributed by atoms with Crippen molar-refractivity contribution in [2.24, 2.45) is 5.92 Å². The van der Waals surface area contributed by atoms with Gasteiger partial charge in [0.25, 0.3) is 0 Å². The first-order valence-corrected chi connectivity index (χ1v) is 10.3. The predicted octanol–water partition coefficient (Wildman–Crippen LogP) is 4.33. The van der Waals surface area contributed by atoms with Gasteiger partial charge >= 0.3 is 6.03 Å². The summed E-state index contributed by atoms with van der Waals surface area (Å²) in [5, 5.41) is 10.9. The van der Waals surface area contributed by atoms with Crippen LogP contribution in [0.3, 0.4) is 0 Å². The van der Waals surface area contributed by atoms with Gasteiger partial charge < -0.3 is 10.6 Å². The second kappa shape index (κ2) is 8.99. The van der Waals surface area contributed by atoms with Gasteiger partial charge in [0.15, 0.2) is 5.13 Å². The molecule has 0 spiro atoms. The van der Waals surface area contributed by atoms with Crippen LogP contribution >= 0.6 is 11.3 Å². The molecule has 144 valence electrons. The lowest BCUT2D eigenvalue weighted by Crippen LogP contribution is -2.41. The van der Waals surface area contributed by atoms with Gasteiger partial charge in [0.2, 0.25) is 5.91 Å². The normalized spacial score (nSPS) is 19.3. The lowest BCUT2D eigenvalue weighted by Gasteiger charge is -2.29. The molecule has 0 saturated heterocycles. The van der Waals surface area contributed by atoms with Gasteiger partial charge in [0.1, 0.15) is 0 Å². The Morgan fingerprint density at radius 1 is 1.15 bits per heavy atom. The third-order valence-electron chi connectivity index (χ3n) is 4.88. The minimum Gasteiger partial charge on any atom is -0.353 e. The molecule has 3 amide bonds. The van der Waals surface area contributed by atoms with Crippen LogP contribution in [-0.2, 0) is 11.2 Å². The maximum Gasteiger partial charge on any atom is 0.325 e. The van der Waals surface area contributed by atoms with E-state index in [-0.39, 0.29) is 24.4 Å². The number of carbonyl (C=O) groups is 2. The van der Waals surface area contributed by atoms with Crippen LogP contribution in [0.2, 0.25) is 0 Å². The van der Waals surface area contributed by atoms with Gasteiger partial charge in [-0.05, 0) is 37.8 Å². The summed E-state index contributed by atoms with van der Waals surface area (Å²) in [6, 6.07) is 7.48. The Kier molecular flexibility index (Phi) is 6.45. The molecular formula is C20H26N4O2S. The Labute approximate surface area is 163 Å². The number of amides is 3. The van der Waals surface area contributed by atoms with Crippen molar-refractivity contribution in [3.63, 3.8) is 0 Å². The maximum absolute atomic E-state index is 12.3. The summed E-state index contributed by atoms with van der Waals surface area (Å²) in [5.41, 5.74) is 2.52. The van der Waals surface area contributed by atoms with Gasteiger partial charge in [0, 0.05) is 17.1 Å². The predicted molar refractivity (Wildman–Crippen MR) is 109 cm³/mol. The Morgan fingerprint density at radius 2 is 1.89 bits per heavy atom. The first-order chi connectivity index (χ1) is 13.0. The van der Waals surface area contributed by atoms with Crippen LogP contribution in [0, 0.1) is 12.8 Å². The number of hydrogen-bond donors (Lipinski definition) is 3. The monoisotopic (exact) mass is 386 g/mol. The van der Waals surface area contributed by atoms with E-state index >= 15 is 0 Å². The minimum atomic E-state index is -0.347. The number of urea groups is 1. The number of nitrogens with zero attached hydrogens (tertiary/aromatic N) is 1. The fraction of sp³-hybridized carbons (Fsp3) is 0.450. The van der Waals surface area contributed by atoms with E-state index in [4.69, 9.17) is 0 Å². The van der Waals surface area contributed by atoms with Crippen LogP contribution in [0.5, 0.6) is 0 Å². The first kappa shape index (κ1) is 19.4. The zero-order valence-corrected chi connectivity index (χ0v) is 16.6. The number of thiazole rings is 1. The minimum absolute atomic E-state index is 0.00490. The highest BCUT2D eigenvalue weighted by molar-refractivity contribution is 7.14. The van der Waals surface area contributed by atoms with Gasteiger partial charge in [-0.25, -0.2) is 9.78 Å². The van der Waals surface area contributed by atoms with Crippen molar-refractivity contribution in [2.45, 2.75) is 52.0 Å². The smallest absolute Gasteiger partial charge is 0.325 e. The van der Waals surface area contributed by atoms with Crippen LogP contribution in [0.1, 0.15) is 43.9 Å². The Hall–Kier alpha value is -2.41. The van der Waals surface area contributed by atoms with Crippen LogP contribution in [0.25, 0.3) is 0 Å². The molecule has 1 fully saturated rings. The summed E-state index contributed by atoms with van der Waals surface area (Å²) in [5.74, 6) is 0.524. The fourth-order valence-electron chi connectivity index (χ4n) is 3.29. The molecule has 6 nitrogen and oxygen atoms in total. The third kappa shape index (κ3) is 5.79. The summed E-state index contributed by atoms with van der Waals surface area (Å²) in [4.78, 5) is 28.7. The van der Waals surface area contributed by atoms with Crippen LogP contribution in [0.4, 0.5) is 15.6 Å². The largest absolute Gasteiger partial charge is 0.353 e. The van der Waals surface area contributed by atoms with Crippen LogP contribution < -0.4 is 16.0 Å². The van der Waals surface area contributed by atoms with Crippen molar-refractivity contribution in [3.05, 3.63) is 40.9 Å². The molecule has 0 bridgehead atoms. The molecule has 27 heavy (non-hydrogen) atoms. The second-order valence-electron chi connectivity index (χ2n) is 7.20. The molecule has 3 rings (SSSR count). The van der Waals surface area contributed by atoms with E-state index in [9.17, 15) is 9.59 Å². The third-order valence-corrected chi connectivity index (χ3v) is 5.69. The van der Waals surface area contributed by atoms with E-state index in [1.54, 1.807) is 0 Å². The summed E-state index contributed by atoms with van der Waals surface area (Å²) >= 11 is 1.32. The highest BCUT2D eigenvalue weighted by Crippen LogP contribution is 2.24. The maximum atomic E-state index is 12.3. The molecule has 1 heterocycles. The number of carbonyl (C=O) groups excluding carboxylic acids is 2. The number of rotatable bonds is 5. The number of hydrogen-bond acceptors (Lipinski definition) is 4.